The molecule has 0 atom stereocenters. The average molecular weight is 808 g/mol. The lowest BCUT2D eigenvalue weighted by atomic mass is 9.86. The highest BCUT2D eigenvalue weighted by molar-refractivity contribution is 5.76. The molecule has 1 N–H and O–H groups in total. The summed E-state index contributed by atoms with van der Waals surface area (Å²) in [6, 6.07) is 0. The minimum absolute atomic E-state index is 0.0162. The number of aliphatic hydroxyl groups excluding tert-OH is 1. The van der Waals surface area contributed by atoms with E-state index in [0.29, 0.717) is 13.0 Å². The summed E-state index contributed by atoms with van der Waals surface area (Å²) >= 11 is 0. The first-order valence-corrected chi connectivity index (χ1v) is 25.5. The van der Waals surface area contributed by atoms with E-state index >= 15 is 0 Å². The second-order valence-corrected chi connectivity index (χ2v) is 18.4. The van der Waals surface area contributed by atoms with Crippen LogP contribution < -0.4 is 0 Å². The monoisotopic (exact) mass is 808 g/mol. The number of carbonyl (C=O) groups is 2. The van der Waals surface area contributed by atoms with Crippen LogP contribution in [0.3, 0.4) is 0 Å². The standard InChI is InChI=1S/C51H101NO5/c1-6-9-12-15-18-21-25-32-41-49(54)56-47-38-29-22-27-34-43-52(45-36-37-46-53)44-35-28-26-33-42-51(4,5)50(55)57-48(39-30-23-19-16-13-10-7-2)40-31-24-20-17-14-11-8-3/h48,53H,6-47H2,1-5H3. The molecular weight excluding hydrogens is 707 g/mol. The number of carbonyl (C=O) groups excluding carboxylic acids is 2. The quantitative estimate of drug-likeness (QED) is 0.0488. The Morgan fingerprint density at radius 2 is 0.877 bits per heavy atom. The number of rotatable bonds is 46. The Bertz CT molecular complexity index is 829. The van der Waals surface area contributed by atoms with Crippen LogP contribution in [-0.4, -0.2) is 60.9 Å². The fraction of sp³-hybridized carbons (Fsp3) is 0.961. The number of nitrogens with zero attached hydrogens (tertiary/aromatic N) is 1. The van der Waals surface area contributed by atoms with Gasteiger partial charge in [0.25, 0.3) is 0 Å². The molecule has 0 rings (SSSR count). The molecule has 0 aliphatic rings. The van der Waals surface area contributed by atoms with Crippen molar-refractivity contribution in [3.05, 3.63) is 0 Å². The Kier molecular flexibility index (Phi) is 42.1. The molecule has 0 aromatic heterocycles. The van der Waals surface area contributed by atoms with Gasteiger partial charge in [-0.15, -0.1) is 0 Å². The molecule has 0 saturated carbocycles. The molecule has 0 saturated heterocycles. The summed E-state index contributed by atoms with van der Waals surface area (Å²) in [4.78, 5) is 28.1. The van der Waals surface area contributed by atoms with Crippen molar-refractivity contribution in [3.8, 4) is 0 Å². The van der Waals surface area contributed by atoms with Gasteiger partial charge in [-0.1, -0.05) is 181 Å². The fourth-order valence-electron chi connectivity index (χ4n) is 8.00. The summed E-state index contributed by atoms with van der Waals surface area (Å²) in [5.41, 5.74) is -0.427. The van der Waals surface area contributed by atoms with E-state index < -0.39 is 5.41 Å². The molecule has 340 valence electrons. The van der Waals surface area contributed by atoms with Crippen molar-refractivity contribution in [1.29, 1.82) is 0 Å². The molecular formula is C51H101NO5. The van der Waals surface area contributed by atoms with Gasteiger partial charge in [-0.25, -0.2) is 0 Å². The number of esters is 2. The summed E-state index contributed by atoms with van der Waals surface area (Å²) in [6.07, 6.45) is 44.0. The van der Waals surface area contributed by atoms with Gasteiger partial charge in [-0.05, 0) is 104 Å². The molecule has 0 spiro atoms. The van der Waals surface area contributed by atoms with Gasteiger partial charge >= 0.3 is 11.9 Å². The maximum atomic E-state index is 13.5. The molecule has 0 bridgehead atoms. The van der Waals surface area contributed by atoms with E-state index in [2.05, 4.69) is 39.5 Å². The predicted molar refractivity (Wildman–Crippen MR) is 246 cm³/mol. The zero-order valence-electron chi connectivity index (χ0n) is 39.3. The first kappa shape index (κ1) is 55.9. The first-order valence-electron chi connectivity index (χ1n) is 25.5. The molecule has 0 amide bonds. The van der Waals surface area contributed by atoms with E-state index in [1.165, 1.54) is 161 Å². The lowest BCUT2D eigenvalue weighted by molar-refractivity contribution is -0.161. The van der Waals surface area contributed by atoms with Crippen molar-refractivity contribution in [1.82, 2.24) is 4.90 Å². The molecule has 0 aliphatic heterocycles. The summed E-state index contributed by atoms with van der Waals surface area (Å²) in [7, 11) is 0. The maximum absolute atomic E-state index is 13.5. The molecule has 6 heteroatoms. The molecule has 6 nitrogen and oxygen atoms in total. The van der Waals surface area contributed by atoms with E-state index in [-0.39, 0.29) is 24.6 Å². The Labute approximate surface area is 356 Å². The average Bonchev–Trinajstić information content (AvgIpc) is 3.19. The number of hydrogen-bond donors (Lipinski definition) is 1. The second-order valence-electron chi connectivity index (χ2n) is 18.4. The van der Waals surface area contributed by atoms with E-state index in [4.69, 9.17) is 9.47 Å². The molecule has 0 radical (unpaired) electrons. The maximum Gasteiger partial charge on any atom is 0.311 e. The molecule has 0 fully saturated rings. The molecule has 57 heavy (non-hydrogen) atoms. The zero-order chi connectivity index (χ0) is 41.9. The molecule has 0 aromatic carbocycles. The van der Waals surface area contributed by atoms with Crippen molar-refractivity contribution in [2.75, 3.05) is 32.8 Å². The highest BCUT2D eigenvalue weighted by Crippen LogP contribution is 2.28. The van der Waals surface area contributed by atoms with E-state index in [1.807, 2.05) is 0 Å². The van der Waals surface area contributed by atoms with Gasteiger partial charge in [0.1, 0.15) is 6.10 Å². The van der Waals surface area contributed by atoms with E-state index in [9.17, 15) is 14.7 Å². The highest BCUT2D eigenvalue weighted by atomic mass is 16.5. The van der Waals surface area contributed by atoms with E-state index in [0.717, 1.165) is 90.3 Å². The zero-order valence-corrected chi connectivity index (χ0v) is 39.3. The van der Waals surface area contributed by atoms with Crippen LogP contribution in [0.4, 0.5) is 0 Å². The summed E-state index contributed by atoms with van der Waals surface area (Å²) < 4.78 is 11.8. The highest BCUT2D eigenvalue weighted by Gasteiger charge is 2.30. The number of unbranched alkanes of at least 4 members (excludes halogenated alkanes) is 27. The van der Waals surface area contributed by atoms with Gasteiger partial charge in [0, 0.05) is 13.0 Å². The van der Waals surface area contributed by atoms with Gasteiger partial charge in [0.2, 0.25) is 0 Å². The van der Waals surface area contributed by atoms with Crippen LogP contribution >= 0.6 is 0 Å². The lowest BCUT2D eigenvalue weighted by Gasteiger charge is -2.27. The van der Waals surface area contributed by atoms with Crippen molar-refractivity contribution in [2.24, 2.45) is 5.41 Å². The third kappa shape index (κ3) is 38.8. The largest absolute Gasteiger partial charge is 0.466 e. The van der Waals surface area contributed by atoms with Crippen LogP contribution in [0.2, 0.25) is 0 Å². The Morgan fingerprint density at radius 3 is 1.35 bits per heavy atom. The summed E-state index contributed by atoms with van der Waals surface area (Å²) in [5.74, 6) is 0.00102. The first-order chi connectivity index (χ1) is 27.8. The van der Waals surface area contributed by atoms with Crippen molar-refractivity contribution in [3.63, 3.8) is 0 Å². The molecule has 0 unspecified atom stereocenters. The third-order valence-corrected chi connectivity index (χ3v) is 12.1. The summed E-state index contributed by atoms with van der Waals surface area (Å²) in [6.45, 7) is 15.1. The smallest absolute Gasteiger partial charge is 0.311 e. The SMILES string of the molecule is CCCCCCCCCCC(=O)OCCCCCCCN(CCCCO)CCCCCCC(C)(C)C(=O)OC(CCCCCCCCC)CCCCCCCCC. The summed E-state index contributed by atoms with van der Waals surface area (Å²) in [5, 5.41) is 9.33. The lowest BCUT2D eigenvalue weighted by Crippen LogP contribution is -2.31. The van der Waals surface area contributed by atoms with Gasteiger partial charge in [-0.2, -0.15) is 0 Å². The van der Waals surface area contributed by atoms with Crippen LogP contribution in [-0.2, 0) is 19.1 Å². The molecule has 0 aliphatic carbocycles. The van der Waals surface area contributed by atoms with Crippen molar-refractivity contribution in [2.45, 2.75) is 278 Å². The minimum Gasteiger partial charge on any atom is -0.466 e. The number of aliphatic hydroxyl groups is 1. The predicted octanol–water partition coefficient (Wildman–Crippen LogP) is 15.3. The Balaban J connectivity index is 4.34. The van der Waals surface area contributed by atoms with Gasteiger partial charge in [-0.3, -0.25) is 9.59 Å². The van der Waals surface area contributed by atoms with Crippen molar-refractivity contribution >= 4 is 11.9 Å². The normalized spacial score (nSPS) is 11.9. The molecule has 0 aromatic rings. The van der Waals surface area contributed by atoms with Gasteiger partial charge in [0.05, 0.1) is 12.0 Å². The van der Waals surface area contributed by atoms with Crippen molar-refractivity contribution < 1.29 is 24.2 Å². The van der Waals surface area contributed by atoms with E-state index in [1.54, 1.807) is 0 Å². The second kappa shape index (κ2) is 43.0. The van der Waals surface area contributed by atoms with Crippen LogP contribution in [0.25, 0.3) is 0 Å². The van der Waals surface area contributed by atoms with Crippen LogP contribution in [0.15, 0.2) is 0 Å². The number of ether oxygens (including phenoxy) is 2. The fourth-order valence-corrected chi connectivity index (χ4v) is 8.00. The van der Waals surface area contributed by atoms with Crippen LogP contribution in [0.5, 0.6) is 0 Å². The Morgan fingerprint density at radius 1 is 0.491 bits per heavy atom. The van der Waals surface area contributed by atoms with Gasteiger partial charge in [0.15, 0.2) is 0 Å². The number of hydrogen-bond acceptors (Lipinski definition) is 6. The Hall–Kier alpha value is -1.14. The van der Waals surface area contributed by atoms with Gasteiger partial charge < -0.3 is 19.5 Å². The third-order valence-electron chi connectivity index (χ3n) is 12.1. The topological polar surface area (TPSA) is 76.1 Å². The van der Waals surface area contributed by atoms with Crippen LogP contribution in [0.1, 0.15) is 272 Å². The van der Waals surface area contributed by atoms with Crippen LogP contribution in [0, 0.1) is 5.41 Å². The minimum atomic E-state index is -0.427. The molecule has 0 heterocycles.